The van der Waals surface area contributed by atoms with Crippen LogP contribution in [-0.4, -0.2) is 18.6 Å². The molecule has 0 amide bonds. The molecule has 1 aromatic rings. The van der Waals surface area contributed by atoms with Gasteiger partial charge in [-0.1, -0.05) is 25.4 Å². The molecule has 0 heterocycles. The zero-order valence-electron chi connectivity index (χ0n) is 10.4. The highest BCUT2D eigenvalue weighted by Crippen LogP contribution is 2.13. The highest BCUT2D eigenvalue weighted by Gasteiger charge is 2.12. The van der Waals surface area contributed by atoms with Crippen LogP contribution in [0.15, 0.2) is 24.3 Å². The van der Waals surface area contributed by atoms with Crippen molar-refractivity contribution < 1.29 is 9.53 Å². The van der Waals surface area contributed by atoms with Gasteiger partial charge in [-0.15, -0.1) is 0 Å². The number of carbonyl (C=O) groups is 1. The number of carbonyl (C=O) groups excluding carboxylic acids is 1. The molecule has 0 bridgehead atoms. The molecule has 1 rings (SSSR count). The van der Waals surface area contributed by atoms with Crippen LogP contribution in [0.25, 0.3) is 0 Å². The van der Waals surface area contributed by atoms with Gasteiger partial charge in [-0.05, 0) is 37.1 Å². The zero-order chi connectivity index (χ0) is 12.8. The SMILES string of the molecule is CC(C)C(C)OC(=O)CNc1ccc(Cl)cc1. The van der Waals surface area contributed by atoms with Gasteiger partial charge < -0.3 is 10.1 Å². The van der Waals surface area contributed by atoms with E-state index in [4.69, 9.17) is 16.3 Å². The molecule has 17 heavy (non-hydrogen) atoms. The number of hydrogen-bond donors (Lipinski definition) is 1. The molecule has 1 unspecified atom stereocenters. The number of hydrogen-bond acceptors (Lipinski definition) is 3. The van der Waals surface area contributed by atoms with Crippen molar-refractivity contribution in [3.8, 4) is 0 Å². The molecular formula is C13H18ClNO2. The first-order chi connectivity index (χ1) is 7.99. The van der Waals surface area contributed by atoms with Gasteiger partial charge in [0.2, 0.25) is 0 Å². The molecule has 0 fully saturated rings. The Labute approximate surface area is 107 Å². The number of halogens is 1. The van der Waals surface area contributed by atoms with Crippen LogP contribution in [0.5, 0.6) is 0 Å². The van der Waals surface area contributed by atoms with Gasteiger partial charge in [0.05, 0.1) is 0 Å². The monoisotopic (exact) mass is 255 g/mol. The lowest BCUT2D eigenvalue weighted by Gasteiger charge is -2.16. The maximum Gasteiger partial charge on any atom is 0.325 e. The molecular weight excluding hydrogens is 238 g/mol. The van der Waals surface area contributed by atoms with Crippen LogP contribution < -0.4 is 5.32 Å². The fourth-order valence-corrected chi connectivity index (χ4v) is 1.25. The highest BCUT2D eigenvalue weighted by molar-refractivity contribution is 6.30. The van der Waals surface area contributed by atoms with Gasteiger partial charge in [0.15, 0.2) is 0 Å². The largest absolute Gasteiger partial charge is 0.461 e. The Bertz CT molecular complexity index is 362. The Hall–Kier alpha value is -1.22. The molecule has 0 saturated carbocycles. The number of anilines is 1. The van der Waals surface area contributed by atoms with E-state index in [0.717, 1.165) is 5.69 Å². The van der Waals surface area contributed by atoms with E-state index >= 15 is 0 Å². The highest BCUT2D eigenvalue weighted by atomic mass is 35.5. The Morgan fingerprint density at radius 2 is 1.88 bits per heavy atom. The molecule has 0 aliphatic rings. The molecule has 94 valence electrons. The van der Waals surface area contributed by atoms with E-state index < -0.39 is 0 Å². The van der Waals surface area contributed by atoms with E-state index in [1.54, 1.807) is 12.1 Å². The third-order valence-corrected chi connectivity index (χ3v) is 2.79. The Morgan fingerprint density at radius 3 is 2.41 bits per heavy atom. The number of rotatable bonds is 5. The molecule has 0 aliphatic heterocycles. The maximum atomic E-state index is 11.5. The summed E-state index contributed by atoms with van der Waals surface area (Å²) in [7, 11) is 0. The fraction of sp³-hybridized carbons (Fsp3) is 0.462. The van der Waals surface area contributed by atoms with Crippen molar-refractivity contribution in [3.63, 3.8) is 0 Å². The van der Waals surface area contributed by atoms with Crippen molar-refractivity contribution in [2.24, 2.45) is 5.92 Å². The molecule has 0 saturated heterocycles. The molecule has 1 aromatic carbocycles. The lowest BCUT2D eigenvalue weighted by Crippen LogP contribution is -2.25. The second-order valence-electron chi connectivity index (χ2n) is 4.30. The number of nitrogens with one attached hydrogen (secondary N) is 1. The van der Waals surface area contributed by atoms with Crippen LogP contribution in [0.2, 0.25) is 5.02 Å². The topological polar surface area (TPSA) is 38.3 Å². The number of ether oxygens (including phenoxy) is 1. The average Bonchev–Trinajstić information content (AvgIpc) is 2.28. The van der Waals surface area contributed by atoms with Gasteiger partial charge in [-0.3, -0.25) is 4.79 Å². The van der Waals surface area contributed by atoms with Crippen LogP contribution in [0.1, 0.15) is 20.8 Å². The number of benzene rings is 1. The van der Waals surface area contributed by atoms with E-state index in [1.165, 1.54) is 0 Å². The van der Waals surface area contributed by atoms with Crippen molar-refractivity contribution in [2.75, 3.05) is 11.9 Å². The van der Waals surface area contributed by atoms with Gasteiger partial charge in [0.25, 0.3) is 0 Å². The van der Waals surface area contributed by atoms with E-state index in [0.29, 0.717) is 10.9 Å². The molecule has 1 atom stereocenters. The predicted molar refractivity (Wildman–Crippen MR) is 70.3 cm³/mol. The molecule has 0 aromatic heterocycles. The third-order valence-electron chi connectivity index (χ3n) is 2.54. The quantitative estimate of drug-likeness (QED) is 0.820. The third kappa shape index (κ3) is 5.09. The van der Waals surface area contributed by atoms with Crippen LogP contribution in [0.3, 0.4) is 0 Å². The predicted octanol–water partition coefficient (Wildman–Crippen LogP) is 3.34. The molecule has 4 heteroatoms. The Balaban J connectivity index is 2.35. The van der Waals surface area contributed by atoms with Crippen molar-refractivity contribution in [1.29, 1.82) is 0 Å². The molecule has 0 spiro atoms. The Kier molecular flexibility index (Phi) is 5.29. The normalized spacial score (nSPS) is 12.3. The summed E-state index contributed by atoms with van der Waals surface area (Å²) < 4.78 is 5.23. The first-order valence-corrected chi connectivity index (χ1v) is 6.05. The van der Waals surface area contributed by atoms with Gasteiger partial charge >= 0.3 is 5.97 Å². The average molecular weight is 256 g/mol. The van der Waals surface area contributed by atoms with E-state index in [9.17, 15) is 4.79 Å². The molecule has 0 aliphatic carbocycles. The second kappa shape index (κ2) is 6.50. The minimum atomic E-state index is -0.249. The van der Waals surface area contributed by atoms with E-state index in [-0.39, 0.29) is 18.6 Å². The first-order valence-electron chi connectivity index (χ1n) is 5.68. The summed E-state index contributed by atoms with van der Waals surface area (Å²) in [5, 5.41) is 3.66. The molecule has 3 nitrogen and oxygen atoms in total. The second-order valence-corrected chi connectivity index (χ2v) is 4.74. The van der Waals surface area contributed by atoms with Crippen LogP contribution in [0.4, 0.5) is 5.69 Å². The lowest BCUT2D eigenvalue weighted by atomic mass is 10.1. The maximum absolute atomic E-state index is 11.5. The van der Waals surface area contributed by atoms with Gasteiger partial charge in [-0.2, -0.15) is 0 Å². The Morgan fingerprint density at radius 1 is 1.29 bits per heavy atom. The molecule has 1 N–H and O–H groups in total. The summed E-state index contributed by atoms with van der Waals surface area (Å²) in [4.78, 5) is 11.5. The summed E-state index contributed by atoms with van der Waals surface area (Å²) in [5.41, 5.74) is 0.851. The standard InChI is InChI=1S/C13H18ClNO2/c1-9(2)10(3)17-13(16)8-15-12-6-4-11(14)5-7-12/h4-7,9-10,15H,8H2,1-3H3. The summed E-state index contributed by atoms with van der Waals surface area (Å²) in [5.74, 6) is 0.0793. The van der Waals surface area contributed by atoms with Crippen molar-refractivity contribution >= 4 is 23.3 Å². The van der Waals surface area contributed by atoms with Crippen molar-refractivity contribution in [3.05, 3.63) is 29.3 Å². The summed E-state index contributed by atoms with van der Waals surface area (Å²) in [6.07, 6.45) is -0.0606. The molecule has 0 radical (unpaired) electrons. The van der Waals surface area contributed by atoms with E-state index in [1.807, 2.05) is 32.9 Å². The van der Waals surface area contributed by atoms with Crippen molar-refractivity contribution in [2.45, 2.75) is 26.9 Å². The zero-order valence-corrected chi connectivity index (χ0v) is 11.1. The van der Waals surface area contributed by atoms with Crippen LogP contribution in [-0.2, 0) is 9.53 Å². The first kappa shape index (κ1) is 13.8. The smallest absolute Gasteiger partial charge is 0.325 e. The summed E-state index contributed by atoms with van der Waals surface area (Å²) in [6, 6.07) is 7.18. The fourth-order valence-electron chi connectivity index (χ4n) is 1.13. The summed E-state index contributed by atoms with van der Waals surface area (Å²) in [6.45, 7) is 6.10. The minimum absolute atomic E-state index is 0.0606. The lowest BCUT2D eigenvalue weighted by molar-refractivity contribution is -0.147. The van der Waals surface area contributed by atoms with Crippen LogP contribution >= 0.6 is 11.6 Å². The summed E-state index contributed by atoms with van der Waals surface area (Å²) >= 11 is 5.76. The van der Waals surface area contributed by atoms with E-state index in [2.05, 4.69) is 5.32 Å². The van der Waals surface area contributed by atoms with Gasteiger partial charge in [0.1, 0.15) is 12.6 Å². The minimum Gasteiger partial charge on any atom is -0.461 e. The van der Waals surface area contributed by atoms with Gasteiger partial charge in [-0.25, -0.2) is 0 Å². The van der Waals surface area contributed by atoms with Gasteiger partial charge in [0, 0.05) is 10.7 Å². The van der Waals surface area contributed by atoms with Crippen LogP contribution in [0, 0.1) is 5.92 Å². The van der Waals surface area contributed by atoms with Crippen molar-refractivity contribution in [1.82, 2.24) is 0 Å². The number of esters is 1.